The van der Waals surface area contributed by atoms with Gasteiger partial charge in [-0.1, -0.05) is 18.2 Å². The smallest absolute Gasteiger partial charge is 0.120 e. The highest BCUT2D eigenvalue weighted by atomic mass is 16.5. The zero-order valence-corrected chi connectivity index (χ0v) is 11.3. The van der Waals surface area contributed by atoms with Crippen LogP contribution in [0.3, 0.4) is 0 Å². The summed E-state index contributed by atoms with van der Waals surface area (Å²) in [6.07, 6.45) is 3.73. The van der Waals surface area contributed by atoms with Crippen LogP contribution in [0.25, 0.3) is 0 Å². The van der Waals surface area contributed by atoms with Gasteiger partial charge in [-0.05, 0) is 66.6 Å². The number of nitrogen functional groups attached to an aromatic ring is 1. The summed E-state index contributed by atoms with van der Waals surface area (Å²) in [6.45, 7) is 2.62. The second-order valence-electron chi connectivity index (χ2n) is 5.26. The van der Waals surface area contributed by atoms with Crippen molar-refractivity contribution < 1.29 is 4.74 Å². The molecule has 1 aliphatic carbocycles. The van der Waals surface area contributed by atoms with Crippen LogP contribution in [0.4, 0.5) is 5.69 Å². The molecule has 2 nitrogen and oxygen atoms in total. The Balaban J connectivity index is 1.70. The Morgan fingerprint density at radius 3 is 2.74 bits per heavy atom. The Bertz CT molecular complexity index is 604. The monoisotopic (exact) mass is 253 g/mol. The van der Waals surface area contributed by atoms with E-state index >= 15 is 0 Å². The van der Waals surface area contributed by atoms with Gasteiger partial charge in [-0.25, -0.2) is 0 Å². The first-order valence-corrected chi connectivity index (χ1v) is 6.82. The van der Waals surface area contributed by atoms with Crippen molar-refractivity contribution >= 4 is 5.69 Å². The van der Waals surface area contributed by atoms with Gasteiger partial charge < -0.3 is 10.5 Å². The number of anilines is 1. The largest absolute Gasteiger partial charge is 0.489 e. The van der Waals surface area contributed by atoms with Gasteiger partial charge in [0.05, 0.1) is 0 Å². The molecule has 3 rings (SSSR count). The van der Waals surface area contributed by atoms with E-state index in [0.717, 1.165) is 17.0 Å². The van der Waals surface area contributed by atoms with Crippen molar-refractivity contribution in [3.05, 3.63) is 58.7 Å². The number of ether oxygens (including phenoxy) is 1. The molecule has 0 saturated carbocycles. The van der Waals surface area contributed by atoms with Gasteiger partial charge in [0.1, 0.15) is 12.4 Å². The van der Waals surface area contributed by atoms with Crippen LogP contribution in [-0.4, -0.2) is 0 Å². The molecule has 98 valence electrons. The maximum absolute atomic E-state index is 5.83. The predicted molar refractivity (Wildman–Crippen MR) is 78.4 cm³/mol. The fourth-order valence-electron chi connectivity index (χ4n) is 2.62. The molecule has 0 radical (unpaired) electrons. The molecular formula is C17H19NO. The quantitative estimate of drug-likeness (QED) is 0.847. The molecule has 1 aliphatic rings. The van der Waals surface area contributed by atoms with Crippen LogP contribution >= 0.6 is 0 Å². The standard InChI is InChI=1S/C17H19NO/c1-12-9-16(7-8-17(12)18)19-11-13-5-6-14-3-2-4-15(14)10-13/h5-10H,2-4,11,18H2,1H3. The molecule has 2 aromatic carbocycles. The van der Waals surface area contributed by atoms with E-state index in [4.69, 9.17) is 10.5 Å². The van der Waals surface area contributed by atoms with E-state index in [1.807, 2.05) is 25.1 Å². The number of nitrogens with two attached hydrogens (primary N) is 1. The summed E-state index contributed by atoms with van der Waals surface area (Å²) < 4.78 is 5.83. The highest BCUT2D eigenvalue weighted by Crippen LogP contribution is 2.24. The topological polar surface area (TPSA) is 35.2 Å². The van der Waals surface area contributed by atoms with Crippen molar-refractivity contribution in [2.24, 2.45) is 0 Å². The lowest BCUT2D eigenvalue weighted by atomic mass is 10.1. The van der Waals surface area contributed by atoms with E-state index in [0.29, 0.717) is 6.61 Å². The average molecular weight is 253 g/mol. The van der Waals surface area contributed by atoms with E-state index < -0.39 is 0 Å². The molecule has 2 aromatic rings. The molecule has 0 saturated heterocycles. The van der Waals surface area contributed by atoms with Gasteiger partial charge >= 0.3 is 0 Å². The average Bonchev–Trinajstić information content (AvgIpc) is 2.87. The summed E-state index contributed by atoms with van der Waals surface area (Å²) in [7, 11) is 0. The minimum atomic E-state index is 0.622. The lowest BCUT2D eigenvalue weighted by Gasteiger charge is -2.09. The van der Waals surface area contributed by atoms with Crippen LogP contribution in [0.1, 0.15) is 28.7 Å². The lowest BCUT2D eigenvalue weighted by Crippen LogP contribution is -1.98. The molecule has 0 heterocycles. The van der Waals surface area contributed by atoms with Crippen LogP contribution in [-0.2, 0) is 19.4 Å². The summed E-state index contributed by atoms with van der Waals surface area (Å²) in [5.41, 5.74) is 11.9. The van der Waals surface area contributed by atoms with E-state index in [9.17, 15) is 0 Å². The molecule has 0 aliphatic heterocycles. The van der Waals surface area contributed by atoms with E-state index in [2.05, 4.69) is 18.2 Å². The summed E-state index contributed by atoms with van der Waals surface area (Å²) in [5, 5.41) is 0. The van der Waals surface area contributed by atoms with Crippen LogP contribution < -0.4 is 10.5 Å². The van der Waals surface area contributed by atoms with Crippen molar-refractivity contribution in [3.8, 4) is 5.75 Å². The molecule has 2 heteroatoms. The molecular weight excluding hydrogens is 234 g/mol. The van der Waals surface area contributed by atoms with Crippen LogP contribution in [0.5, 0.6) is 5.75 Å². The molecule has 0 atom stereocenters. The van der Waals surface area contributed by atoms with Crippen molar-refractivity contribution in [2.45, 2.75) is 32.8 Å². The molecule has 0 bridgehead atoms. The molecule has 0 spiro atoms. The normalized spacial score (nSPS) is 13.3. The first-order valence-electron chi connectivity index (χ1n) is 6.82. The second-order valence-corrected chi connectivity index (χ2v) is 5.26. The number of hydrogen-bond acceptors (Lipinski definition) is 2. The summed E-state index contributed by atoms with van der Waals surface area (Å²) in [5.74, 6) is 0.882. The maximum Gasteiger partial charge on any atom is 0.120 e. The van der Waals surface area contributed by atoms with Crippen molar-refractivity contribution in [1.82, 2.24) is 0 Å². The molecule has 0 amide bonds. The highest BCUT2D eigenvalue weighted by molar-refractivity contribution is 5.49. The lowest BCUT2D eigenvalue weighted by molar-refractivity contribution is 0.306. The highest BCUT2D eigenvalue weighted by Gasteiger charge is 2.10. The summed E-state index contributed by atoms with van der Waals surface area (Å²) >= 11 is 0. The molecule has 19 heavy (non-hydrogen) atoms. The number of benzene rings is 2. The summed E-state index contributed by atoms with van der Waals surface area (Å²) in [4.78, 5) is 0. The zero-order valence-electron chi connectivity index (χ0n) is 11.3. The van der Waals surface area contributed by atoms with Crippen LogP contribution in [0.15, 0.2) is 36.4 Å². The zero-order chi connectivity index (χ0) is 13.2. The van der Waals surface area contributed by atoms with Gasteiger partial charge in [0, 0.05) is 5.69 Å². The van der Waals surface area contributed by atoms with Gasteiger partial charge in [0.2, 0.25) is 0 Å². The Hall–Kier alpha value is -1.96. The van der Waals surface area contributed by atoms with Gasteiger partial charge in [0.15, 0.2) is 0 Å². The van der Waals surface area contributed by atoms with Crippen molar-refractivity contribution in [3.63, 3.8) is 0 Å². The minimum Gasteiger partial charge on any atom is -0.489 e. The van der Waals surface area contributed by atoms with Crippen molar-refractivity contribution in [2.75, 3.05) is 5.73 Å². The Morgan fingerprint density at radius 1 is 1.05 bits per heavy atom. The van der Waals surface area contributed by atoms with Crippen LogP contribution in [0, 0.1) is 6.92 Å². The number of rotatable bonds is 3. The van der Waals surface area contributed by atoms with E-state index in [-0.39, 0.29) is 0 Å². The first-order chi connectivity index (χ1) is 9.22. The van der Waals surface area contributed by atoms with Gasteiger partial charge in [-0.2, -0.15) is 0 Å². The number of aryl methyl sites for hydroxylation is 3. The summed E-state index contributed by atoms with van der Waals surface area (Å²) in [6, 6.07) is 12.5. The Labute approximate surface area is 114 Å². The molecule has 0 fully saturated rings. The Morgan fingerprint density at radius 2 is 1.89 bits per heavy atom. The predicted octanol–water partition coefficient (Wildman–Crippen LogP) is 3.64. The third-order valence-electron chi connectivity index (χ3n) is 3.81. The van der Waals surface area contributed by atoms with Crippen LogP contribution in [0.2, 0.25) is 0 Å². The first kappa shape index (κ1) is 12.1. The molecule has 0 aromatic heterocycles. The third kappa shape index (κ3) is 2.58. The maximum atomic E-state index is 5.83. The number of fused-ring (bicyclic) bond motifs is 1. The van der Waals surface area contributed by atoms with Gasteiger partial charge in [-0.3, -0.25) is 0 Å². The minimum absolute atomic E-state index is 0.622. The number of hydrogen-bond donors (Lipinski definition) is 1. The SMILES string of the molecule is Cc1cc(OCc2ccc3c(c2)CCC3)ccc1N. The fraction of sp³-hybridized carbons (Fsp3) is 0.294. The molecule has 0 unspecified atom stereocenters. The third-order valence-corrected chi connectivity index (χ3v) is 3.81. The second kappa shape index (κ2) is 4.96. The van der Waals surface area contributed by atoms with E-state index in [1.54, 1.807) is 0 Å². The molecule has 2 N–H and O–H groups in total. The van der Waals surface area contributed by atoms with Gasteiger partial charge in [-0.15, -0.1) is 0 Å². The van der Waals surface area contributed by atoms with Gasteiger partial charge in [0.25, 0.3) is 0 Å². The fourth-order valence-corrected chi connectivity index (χ4v) is 2.62. The Kier molecular flexibility index (Phi) is 3.16. The van der Waals surface area contributed by atoms with Crippen molar-refractivity contribution in [1.29, 1.82) is 0 Å². The van der Waals surface area contributed by atoms with E-state index in [1.165, 1.54) is 36.0 Å².